The number of carbonyl (C=O) groups excluding carboxylic acids is 3. The largest absolute Gasteiger partial charge is 0.496 e. The fraction of sp³-hybridized carbons (Fsp3) is 0.280. The lowest BCUT2D eigenvalue weighted by atomic mass is 9.78. The van der Waals surface area contributed by atoms with Gasteiger partial charge in [-0.15, -0.1) is 0 Å². The predicted molar refractivity (Wildman–Crippen MR) is 137 cm³/mol. The van der Waals surface area contributed by atoms with Crippen molar-refractivity contribution in [1.82, 2.24) is 5.32 Å². The van der Waals surface area contributed by atoms with E-state index in [0.717, 1.165) is 23.7 Å². The summed E-state index contributed by atoms with van der Waals surface area (Å²) in [5.41, 5.74) is 2.53. The Morgan fingerprint density at radius 1 is 1.20 bits per heavy atom. The molecule has 1 heterocycles. The van der Waals surface area contributed by atoms with E-state index in [1.807, 2.05) is 31.2 Å². The van der Waals surface area contributed by atoms with Gasteiger partial charge in [0, 0.05) is 11.6 Å². The fourth-order valence-corrected chi connectivity index (χ4v) is 5.12. The molecular formula is C25H24BrN3O5S. The van der Waals surface area contributed by atoms with Crippen molar-refractivity contribution in [2.24, 2.45) is 5.92 Å². The zero-order valence-electron chi connectivity index (χ0n) is 19.4. The molecule has 35 heavy (non-hydrogen) atoms. The molecule has 0 spiro atoms. The molecule has 2 aromatic rings. The summed E-state index contributed by atoms with van der Waals surface area (Å²) in [6, 6.07) is 14.7. The molecule has 1 aliphatic rings. The van der Waals surface area contributed by atoms with Crippen molar-refractivity contribution in [3.63, 3.8) is 0 Å². The van der Waals surface area contributed by atoms with Crippen molar-refractivity contribution in [3.8, 4) is 11.8 Å². The highest BCUT2D eigenvalue weighted by atomic mass is 79.9. The number of thioether (sulfide) groups is 1. The maximum absolute atomic E-state index is 12.9. The first-order valence-electron chi connectivity index (χ1n) is 10.7. The molecule has 1 aliphatic heterocycles. The third-order valence-corrected chi connectivity index (χ3v) is 7.15. The van der Waals surface area contributed by atoms with Gasteiger partial charge in [0.05, 0.1) is 41.1 Å². The molecule has 8 nitrogen and oxygen atoms in total. The molecular weight excluding hydrogens is 534 g/mol. The van der Waals surface area contributed by atoms with Gasteiger partial charge in [0.25, 0.3) is 0 Å². The summed E-state index contributed by atoms with van der Waals surface area (Å²) < 4.78 is 10.7. The van der Waals surface area contributed by atoms with E-state index in [2.05, 4.69) is 32.6 Å². The summed E-state index contributed by atoms with van der Waals surface area (Å²) in [4.78, 5) is 38.0. The SMILES string of the molecule is CCc1ccc(NC(=O)CSC2=C(C#N)[C@H](c3ccc(OC)c(Br)c3)[C@H](C(=O)OC)C(=O)N2)cc1. The molecule has 3 rings (SSSR count). The van der Waals surface area contributed by atoms with E-state index < -0.39 is 23.7 Å². The summed E-state index contributed by atoms with van der Waals surface area (Å²) in [5, 5.41) is 15.7. The van der Waals surface area contributed by atoms with Gasteiger partial charge in [-0.3, -0.25) is 14.4 Å². The minimum absolute atomic E-state index is 0.0434. The highest BCUT2D eigenvalue weighted by Gasteiger charge is 2.44. The lowest BCUT2D eigenvalue weighted by molar-refractivity contribution is -0.150. The smallest absolute Gasteiger partial charge is 0.319 e. The van der Waals surface area contributed by atoms with Crippen LogP contribution in [0.1, 0.15) is 24.0 Å². The molecule has 0 radical (unpaired) electrons. The van der Waals surface area contributed by atoms with Gasteiger partial charge in [0.15, 0.2) is 0 Å². The first-order valence-corrected chi connectivity index (χ1v) is 12.5. The van der Waals surface area contributed by atoms with Crippen LogP contribution in [0.4, 0.5) is 5.69 Å². The quantitative estimate of drug-likeness (QED) is 0.370. The second kappa shape index (κ2) is 11.9. The van der Waals surface area contributed by atoms with Gasteiger partial charge in [-0.25, -0.2) is 0 Å². The number of halogens is 1. The zero-order chi connectivity index (χ0) is 25.5. The Morgan fingerprint density at radius 3 is 2.49 bits per heavy atom. The predicted octanol–water partition coefficient (Wildman–Crippen LogP) is 4.13. The molecule has 2 atom stereocenters. The average molecular weight is 558 g/mol. The molecule has 2 amide bonds. The van der Waals surface area contributed by atoms with E-state index in [1.54, 1.807) is 18.2 Å². The third-order valence-electron chi connectivity index (χ3n) is 5.51. The van der Waals surface area contributed by atoms with Gasteiger partial charge in [-0.1, -0.05) is 36.9 Å². The molecule has 10 heteroatoms. The standard InChI is InChI=1S/C25H24BrN3O5S/c1-4-14-5-8-16(9-6-14)28-20(30)13-35-24-17(12-27)21(22(23(31)29-24)25(32)34-3)15-7-10-19(33-2)18(26)11-15/h5-11,21-22H,4,13H2,1-3H3,(H,28,30)(H,29,31)/t21-,22-/m0/s1. The Bertz CT molecular complexity index is 1210. The van der Waals surface area contributed by atoms with Gasteiger partial charge in [-0.05, 0) is 57.7 Å². The van der Waals surface area contributed by atoms with Crippen LogP contribution in [-0.2, 0) is 25.5 Å². The van der Waals surface area contributed by atoms with Crippen molar-refractivity contribution in [3.05, 3.63) is 68.7 Å². The van der Waals surface area contributed by atoms with E-state index >= 15 is 0 Å². The van der Waals surface area contributed by atoms with Gasteiger partial charge in [0.1, 0.15) is 11.7 Å². The summed E-state index contributed by atoms with van der Waals surface area (Å²) in [6.07, 6.45) is 0.896. The Hall–Kier alpha value is -3.29. The Kier molecular flexibility index (Phi) is 8.95. The number of amides is 2. The summed E-state index contributed by atoms with van der Waals surface area (Å²) in [7, 11) is 2.71. The Morgan fingerprint density at radius 2 is 1.91 bits per heavy atom. The monoisotopic (exact) mass is 557 g/mol. The molecule has 182 valence electrons. The molecule has 0 bridgehead atoms. The van der Waals surface area contributed by atoms with Gasteiger partial charge in [0.2, 0.25) is 11.8 Å². The van der Waals surface area contributed by atoms with Crippen molar-refractivity contribution in [2.45, 2.75) is 19.3 Å². The maximum Gasteiger partial charge on any atom is 0.319 e. The van der Waals surface area contributed by atoms with E-state index in [4.69, 9.17) is 9.47 Å². The van der Waals surface area contributed by atoms with Crippen molar-refractivity contribution < 1.29 is 23.9 Å². The molecule has 2 N–H and O–H groups in total. The van der Waals surface area contributed by atoms with Gasteiger partial charge < -0.3 is 20.1 Å². The molecule has 0 aromatic heterocycles. The maximum atomic E-state index is 12.9. The van der Waals surface area contributed by atoms with Crippen LogP contribution in [0.5, 0.6) is 5.75 Å². The van der Waals surface area contributed by atoms with Crippen LogP contribution < -0.4 is 15.4 Å². The second-order valence-corrected chi connectivity index (χ2v) is 9.44. The molecule has 0 aliphatic carbocycles. The van der Waals surface area contributed by atoms with Crippen LogP contribution in [0.2, 0.25) is 0 Å². The molecule has 0 fully saturated rings. The summed E-state index contributed by atoms with van der Waals surface area (Å²) in [6.45, 7) is 2.05. The number of nitrogens with zero attached hydrogens (tertiary/aromatic N) is 1. The number of rotatable bonds is 8. The highest BCUT2D eigenvalue weighted by Crippen LogP contribution is 2.42. The topological polar surface area (TPSA) is 118 Å². The van der Waals surface area contributed by atoms with Crippen molar-refractivity contribution in [1.29, 1.82) is 5.26 Å². The fourth-order valence-electron chi connectivity index (χ4n) is 3.71. The number of hydrogen-bond acceptors (Lipinski definition) is 7. The summed E-state index contributed by atoms with van der Waals surface area (Å²) >= 11 is 4.44. The van der Waals surface area contributed by atoms with Crippen LogP contribution in [0.15, 0.2) is 57.5 Å². The van der Waals surface area contributed by atoms with Gasteiger partial charge in [-0.2, -0.15) is 5.26 Å². The number of aryl methyl sites for hydroxylation is 1. The van der Waals surface area contributed by atoms with E-state index in [-0.39, 0.29) is 22.3 Å². The van der Waals surface area contributed by atoms with Crippen LogP contribution in [-0.4, -0.2) is 37.8 Å². The first kappa shape index (κ1) is 26.3. The lowest BCUT2D eigenvalue weighted by Gasteiger charge is -2.31. The van der Waals surface area contributed by atoms with Crippen molar-refractivity contribution in [2.75, 3.05) is 25.3 Å². The molecule has 0 unspecified atom stereocenters. The second-order valence-electron chi connectivity index (χ2n) is 7.60. The number of carbonyl (C=O) groups is 3. The number of esters is 1. The number of anilines is 1. The number of ether oxygens (including phenoxy) is 2. The first-order chi connectivity index (χ1) is 16.8. The lowest BCUT2D eigenvalue weighted by Crippen LogP contribution is -2.44. The van der Waals surface area contributed by atoms with Crippen LogP contribution in [0.3, 0.4) is 0 Å². The molecule has 2 aromatic carbocycles. The van der Waals surface area contributed by atoms with Crippen molar-refractivity contribution >= 4 is 51.2 Å². The third kappa shape index (κ3) is 6.05. The molecule has 0 saturated heterocycles. The number of methoxy groups -OCH3 is 2. The summed E-state index contributed by atoms with van der Waals surface area (Å²) in [5.74, 6) is -3.30. The number of nitriles is 1. The minimum Gasteiger partial charge on any atom is -0.496 e. The van der Waals surface area contributed by atoms with E-state index in [9.17, 15) is 19.6 Å². The van der Waals surface area contributed by atoms with Crippen LogP contribution in [0.25, 0.3) is 0 Å². The Balaban J connectivity index is 1.89. The number of hydrogen-bond donors (Lipinski definition) is 2. The molecule has 0 saturated carbocycles. The Labute approximate surface area is 216 Å². The normalized spacial score (nSPS) is 17.3. The minimum atomic E-state index is -1.26. The van der Waals surface area contributed by atoms with Crippen LogP contribution >= 0.6 is 27.7 Å². The van der Waals surface area contributed by atoms with E-state index in [1.165, 1.54) is 14.2 Å². The number of benzene rings is 2. The van der Waals surface area contributed by atoms with Crippen LogP contribution in [0, 0.1) is 17.2 Å². The number of allylic oxidation sites excluding steroid dienone is 1. The van der Waals surface area contributed by atoms with Gasteiger partial charge >= 0.3 is 5.97 Å². The average Bonchev–Trinajstić information content (AvgIpc) is 2.86. The van der Waals surface area contributed by atoms with E-state index in [0.29, 0.717) is 21.5 Å². The highest BCUT2D eigenvalue weighted by molar-refractivity contribution is 9.10. The zero-order valence-corrected chi connectivity index (χ0v) is 21.8. The number of nitrogens with one attached hydrogen (secondary N) is 2.